The molecule has 2 atom stereocenters. The second-order valence-electron chi connectivity index (χ2n) is 10.6. The molecule has 2 N–H and O–H groups in total. The van der Waals surface area contributed by atoms with Gasteiger partial charge in [-0.25, -0.2) is 0 Å². The number of amides is 3. The fraction of sp³-hybridized carbons (Fsp3) is 0.571. The number of furan rings is 1. The third kappa shape index (κ3) is 6.95. The molecule has 1 fully saturated rings. The Morgan fingerprint density at radius 2 is 1.83 bits per heavy atom. The summed E-state index contributed by atoms with van der Waals surface area (Å²) in [5, 5.41) is 6.52. The fourth-order valence-corrected chi connectivity index (χ4v) is 4.55. The first kappa shape index (κ1) is 27.4. The van der Waals surface area contributed by atoms with Crippen LogP contribution < -0.4 is 10.6 Å². The Bertz CT molecular complexity index is 1100. The van der Waals surface area contributed by atoms with E-state index in [-0.39, 0.29) is 29.9 Å². The van der Waals surface area contributed by atoms with Gasteiger partial charge in [-0.2, -0.15) is 0 Å². The highest BCUT2D eigenvalue weighted by molar-refractivity contribution is 6.01. The zero-order chi connectivity index (χ0) is 26.4. The number of likely N-dealkylation sites (tertiary alicyclic amines) is 1. The molecule has 1 aliphatic rings. The molecule has 36 heavy (non-hydrogen) atoms. The van der Waals surface area contributed by atoms with Crippen molar-refractivity contribution in [2.75, 3.05) is 13.1 Å². The first-order valence-corrected chi connectivity index (χ1v) is 13.0. The average Bonchev–Trinajstić information content (AvgIpc) is 3.05. The molecule has 1 saturated heterocycles. The van der Waals surface area contributed by atoms with E-state index in [1.54, 1.807) is 11.0 Å². The molecule has 2 heterocycles. The van der Waals surface area contributed by atoms with Gasteiger partial charge in [-0.1, -0.05) is 45.9 Å². The minimum atomic E-state index is -0.815. The minimum Gasteiger partial charge on any atom is -0.451 e. The number of fused-ring (bicyclic) bond motifs is 1. The molecule has 0 spiro atoms. The van der Waals surface area contributed by atoms with Gasteiger partial charge in [0.25, 0.3) is 5.91 Å². The number of ketones is 1. The van der Waals surface area contributed by atoms with Gasteiger partial charge >= 0.3 is 0 Å². The number of carbonyl (C=O) groups excluding carboxylic acids is 4. The minimum absolute atomic E-state index is 0.00125. The number of hydrogen-bond donors (Lipinski definition) is 2. The number of carbonyl (C=O) groups is 4. The summed E-state index contributed by atoms with van der Waals surface area (Å²) >= 11 is 0. The van der Waals surface area contributed by atoms with Crippen molar-refractivity contribution >= 4 is 34.5 Å². The van der Waals surface area contributed by atoms with Crippen molar-refractivity contribution in [2.45, 2.75) is 78.8 Å². The summed E-state index contributed by atoms with van der Waals surface area (Å²) < 4.78 is 5.76. The van der Waals surface area contributed by atoms with E-state index in [0.717, 1.165) is 11.8 Å². The van der Waals surface area contributed by atoms with Gasteiger partial charge in [0.1, 0.15) is 11.6 Å². The van der Waals surface area contributed by atoms with Crippen LogP contribution in [0.25, 0.3) is 11.0 Å². The summed E-state index contributed by atoms with van der Waals surface area (Å²) in [4.78, 5) is 53.4. The average molecular weight is 498 g/mol. The molecule has 0 saturated carbocycles. The third-order valence-electron chi connectivity index (χ3n) is 6.64. The van der Waals surface area contributed by atoms with Gasteiger partial charge in [0, 0.05) is 23.9 Å². The van der Waals surface area contributed by atoms with Crippen molar-refractivity contribution in [1.29, 1.82) is 0 Å². The predicted molar refractivity (Wildman–Crippen MR) is 138 cm³/mol. The summed E-state index contributed by atoms with van der Waals surface area (Å²) in [7, 11) is 0. The van der Waals surface area contributed by atoms with Crippen LogP contribution in [0.4, 0.5) is 0 Å². The zero-order valence-electron chi connectivity index (χ0n) is 22.1. The van der Waals surface area contributed by atoms with E-state index in [0.29, 0.717) is 49.3 Å². The molecule has 1 aromatic carbocycles. The second-order valence-corrected chi connectivity index (χ2v) is 10.6. The summed E-state index contributed by atoms with van der Waals surface area (Å²) in [5.41, 5.74) is 1.33. The maximum absolute atomic E-state index is 13.2. The molecular weight excluding hydrogens is 458 g/mol. The van der Waals surface area contributed by atoms with Gasteiger partial charge < -0.3 is 20.0 Å². The Kier molecular flexibility index (Phi) is 9.29. The molecule has 196 valence electrons. The Labute approximate surface area is 213 Å². The standard InChI is InChI=1S/C28H39N3O5/c1-17(2)12-13-25(33)31-14-8-10-21(23(32)16-31)29-27(34)22(15-18(3)4)30-28(35)26-19(5)20-9-6-7-11-24(20)36-26/h6-7,9,11,17-18,21-22H,8,10,12-16H2,1-5H3,(H,29,34)(H,30,35)/t21?,22-/m0/s1. The van der Waals surface area contributed by atoms with Crippen LogP contribution in [0.2, 0.25) is 0 Å². The molecular formula is C28H39N3O5. The van der Waals surface area contributed by atoms with Crippen LogP contribution in [-0.4, -0.2) is 53.6 Å². The molecule has 3 rings (SSSR count). The number of hydrogen-bond acceptors (Lipinski definition) is 5. The van der Waals surface area contributed by atoms with E-state index >= 15 is 0 Å². The van der Waals surface area contributed by atoms with Crippen molar-refractivity contribution in [3.05, 3.63) is 35.6 Å². The van der Waals surface area contributed by atoms with Crippen molar-refractivity contribution in [3.63, 3.8) is 0 Å². The number of Topliss-reactive ketones (excluding diaryl/α,β-unsaturated/α-hetero) is 1. The van der Waals surface area contributed by atoms with Gasteiger partial charge in [-0.3, -0.25) is 19.2 Å². The summed E-state index contributed by atoms with van der Waals surface area (Å²) in [5.74, 6) is -0.324. The molecule has 2 aromatic rings. The first-order chi connectivity index (χ1) is 17.1. The van der Waals surface area contributed by atoms with Gasteiger partial charge in [-0.15, -0.1) is 0 Å². The van der Waals surface area contributed by atoms with Crippen LogP contribution in [0.3, 0.4) is 0 Å². The number of para-hydroxylation sites is 1. The van der Waals surface area contributed by atoms with Gasteiger partial charge in [0.05, 0.1) is 12.6 Å². The quantitative estimate of drug-likeness (QED) is 0.544. The predicted octanol–water partition coefficient (Wildman–Crippen LogP) is 4.00. The molecule has 3 amide bonds. The van der Waals surface area contributed by atoms with E-state index in [1.807, 2.05) is 39.0 Å². The normalized spacial score (nSPS) is 17.4. The van der Waals surface area contributed by atoms with Crippen LogP contribution in [0.15, 0.2) is 28.7 Å². The molecule has 0 aliphatic carbocycles. The Morgan fingerprint density at radius 1 is 1.11 bits per heavy atom. The highest BCUT2D eigenvalue weighted by Gasteiger charge is 2.32. The molecule has 1 aromatic heterocycles. The maximum atomic E-state index is 13.2. The molecule has 8 nitrogen and oxygen atoms in total. The van der Waals surface area contributed by atoms with E-state index in [9.17, 15) is 19.2 Å². The lowest BCUT2D eigenvalue weighted by Gasteiger charge is -2.23. The topological polar surface area (TPSA) is 109 Å². The van der Waals surface area contributed by atoms with E-state index < -0.39 is 23.9 Å². The second kappa shape index (κ2) is 12.2. The summed E-state index contributed by atoms with van der Waals surface area (Å²) in [6.45, 7) is 10.4. The molecule has 1 unspecified atom stereocenters. The highest BCUT2D eigenvalue weighted by atomic mass is 16.3. The number of aryl methyl sites for hydroxylation is 1. The lowest BCUT2D eigenvalue weighted by molar-refractivity contribution is -0.135. The van der Waals surface area contributed by atoms with Crippen LogP contribution in [0.5, 0.6) is 0 Å². The number of nitrogens with zero attached hydrogens (tertiary/aromatic N) is 1. The fourth-order valence-electron chi connectivity index (χ4n) is 4.55. The van der Waals surface area contributed by atoms with Crippen LogP contribution >= 0.6 is 0 Å². The van der Waals surface area contributed by atoms with Gasteiger partial charge in [0.15, 0.2) is 11.5 Å². The summed E-state index contributed by atoms with van der Waals surface area (Å²) in [6.07, 6.45) is 2.71. The van der Waals surface area contributed by atoms with Crippen LogP contribution in [0.1, 0.15) is 75.9 Å². The van der Waals surface area contributed by atoms with Crippen molar-refractivity contribution < 1.29 is 23.6 Å². The van der Waals surface area contributed by atoms with Crippen molar-refractivity contribution in [3.8, 4) is 0 Å². The Morgan fingerprint density at radius 3 is 2.50 bits per heavy atom. The summed E-state index contributed by atoms with van der Waals surface area (Å²) in [6, 6.07) is 5.91. The zero-order valence-corrected chi connectivity index (χ0v) is 22.1. The highest BCUT2D eigenvalue weighted by Crippen LogP contribution is 2.25. The first-order valence-electron chi connectivity index (χ1n) is 13.0. The largest absolute Gasteiger partial charge is 0.451 e. The number of rotatable bonds is 9. The monoisotopic (exact) mass is 497 g/mol. The molecule has 0 bridgehead atoms. The number of benzene rings is 1. The van der Waals surface area contributed by atoms with Gasteiger partial charge in [0.2, 0.25) is 11.8 Å². The van der Waals surface area contributed by atoms with E-state index in [2.05, 4.69) is 24.5 Å². The van der Waals surface area contributed by atoms with Crippen molar-refractivity contribution in [2.24, 2.45) is 11.8 Å². The maximum Gasteiger partial charge on any atom is 0.287 e. The third-order valence-corrected chi connectivity index (χ3v) is 6.64. The van der Waals surface area contributed by atoms with Gasteiger partial charge in [-0.05, 0) is 50.5 Å². The molecule has 0 radical (unpaired) electrons. The Balaban J connectivity index is 1.66. The lowest BCUT2D eigenvalue weighted by Crippen LogP contribution is -2.52. The van der Waals surface area contributed by atoms with E-state index in [1.165, 1.54) is 0 Å². The molecule has 8 heteroatoms. The van der Waals surface area contributed by atoms with Crippen LogP contribution in [-0.2, 0) is 14.4 Å². The molecule has 1 aliphatic heterocycles. The number of nitrogens with one attached hydrogen (secondary N) is 2. The smallest absolute Gasteiger partial charge is 0.287 e. The SMILES string of the molecule is Cc1c(C(=O)N[C@@H](CC(C)C)C(=O)NC2CCCN(C(=O)CCC(C)C)CC2=O)oc2ccccc12. The van der Waals surface area contributed by atoms with Crippen LogP contribution in [0, 0.1) is 18.8 Å². The van der Waals surface area contributed by atoms with E-state index in [4.69, 9.17) is 4.42 Å². The lowest BCUT2D eigenvalue weighted by atomic mass is 10.0. The Hall–Kier alpha value is -3.16. The van der Waals surface area contributed by atoms with Crippen molar-refractivity contribution in [1.82, 2.24) is 15.5 Å².